The molecule has 9 nitrogen and oxygen atoms in total. The van der Waals surface area contributed by atoms with Gasteiger partial charge in [-0.15, -0.1) is 5.10 Å². The minimum Gasteiger partial charge on any atom is -0.481 e. The molecule has 0 unspecified atom stereocenters. The molecule has 1 amide bonds. The van der Waals surface area contributed by atoms with Crippen molar-refractivity contribution in [3.63, 3.8) is 0 Å². The number of aromatic nitrogens is 5. The van der Waals surface area contributed by atoms with E-state index in [0.29, 0.717) is 29.8 Å². The Morgan fingerprint density at radius 1 is 1.24 bits per heavy atom. The lowest BCUT2D eigenvalue weighted by Gasteiger charge is -2.36. The molecule has 6 heterocycles. The normalized spacial score (nSPS) is 19.6. The molecular weight excluding hydrogens is 490 g/mol. The van der Waals surface area contributed by atoms with Crippen LogP contribution in [0.4, 0.5) is 5.82 Å². The minimum atomic E-state index is -0.392. The summed E-state index contributed by atoms with van der Waals surface area (Å²) in [7, 11) is 1.55. The van der Waals surface area contributed by atoms with E-state index in [1.165, 1.54) is 6.20 Å². The van der Waals surface area contributed by atoms with E-state index in [0.717, 1.165) is 53.1 Å². The third-order valence-corrected chi connectivity index (χ3v) is 7.92. The lowest BCUT2D eigenvalue weighted by atomic mass is 9.86. The molecule has 10 heteroatoms. The van der Waals surface area contributed by atoms with Gasteiger partial charge in [-0.3, -0.25) is 4.79 Å². The number of carbonyl (C=O) groups excluding carboxylic acids is 1. The number of nitrogens with zero attached hydrogens (tertiary/aromatic N) is 6. The Bertz CT molecular complexity index is 1490. The van der Waals surface area contributed by atoms with E-state index in [1.807, 2.05) is 43.1 Å². The van der Waals surface area contributed by atoms with Gasteiger partial charge in [0.05, 0.1) is 29.3 Å². The highest BCUT2D eigenvalue weighted by atomic mass is 35.5. The molecule has 1 fully saturated rings. The predicted molar refractivity (Wildman–Crippen MR) is 141 cm³/mol. The third-order valence-electron chi connectivity index (χ3n) is 7.60. The van der Waals surface area contributed by atoms with Crippen LogP contribution in [0.25, 0.3) is 17.0 Å². The Morgan fingerprint density at radius 2 is 2.11 bits per heavy atom. The molecule has 190 valence electrons. The van der Waals surface area contributed by atoms with Gasteiger partial charge in [-0.25, -0.2) is 19.5 Å². The van der Waals surface area contributed by atoms with Crippen molar-refractivity contribution >= 4 is 29.0 Å². The van der Waals surface area contributed by atoms with Crippen molar-refractivity contribution in [2.24, 2.45) is 0 Å². The summed E-state index contributed by atoms with van der Waals surface area (Å²) in [4.78, 5) is 29.1. The lowest BCUT2D eigenvalue weighted by molar-refractivity contribution is -0.131. The number of ether oxygens (including phenoxy) is 1. The van der Waals surface area contributed by atoms with Crippen molar-refractivity contribution in [2.75, 3.05) is 25.5 Å². The van der Waals surface area contributed by atoms with E-state index in [2.05, 4.69) is 26.4 Å². The Kier molecular flexibility index (Phi) is 5.75. The minimum absolute atomic E-state index is 0.0528. The number of hydrogen-bond donors (Lipinski definition) is 1. The summed E-state index contributed by atoms with van der Waals surface area (Å²) in [5.41, 5.74) is 4.32. The number of carbonyl (C=O) groups is 1. The molecule has 0 bridgehead atoms. The Morgan fingerprint density at radius 3 is 2.92 bits per heavy atom. The highest BCUT2D eigenvalue weighted by Gasteiger charge is 2.43. The molecule has 0 radical (unpaired) electrons. The molecule has 6 rings (SSSR count). The first kappa shape index (κ1) is 23.7. The number of aryl methyl sites for hydroxylation is 2. The van der Waals surface area contributed by atoms with Crippen LogP contribution in [0, 0.1) is 6.92 Å². The summed E-state index contributed by atoms with van der Waals surface area (Å²) in [6, 6.07) is 9.73. The van der Waals surface area contributed by atoms with E-state index >= 15 is 0 Å². The monoisotopic (exact) mass is 517 g/mol. The van der Waals surface area contributed by atoms with E-state index in [-0.39, 0.29) is 11.4 Å². The quantitative estimate of drug-likeness (QED) is 0.431. The predicted octanol–water partition coefficient (Wildman–Crippen LogP) is 4.29. The molecule has 0 aliphatic carbocycles. The second-order valence-electron chi connectivity index (χ2n) is 9.95. The van der Waals surface area contributed by atoms with Crippen LogP contribution < -0.4 is 10.1 Å². The van der Waals surface area contributed by atoms with Crippen LogP contribution in [0.1, 0.15) is 42.5 Å². The molecular formula is C27H28ClN7O2. The highest BCUT2D eigenvalue weighted by Crippen LogP contribution is 2.39. The summed E-state index contributed by atoms with van der Waals surface area (Å²) in [5.74, 6) is 1.67. The van der Waals surface area contributed by atoms with Gasteiger partial charge in [-0.05, 0) is 62.4 Å². The molecule has 1 N–H and O–H groups in total. The first-order chi connectivity index (χ1) is 17.9. The number of rotatable bonds is 4. The van der Waals surface area contributed by atoms with Gasteiger partial charge in [0.25, 0.3) is 0 Å². The molecule has 2 aliphatic rings. The number of pyridine rings is 3. The van der Waals surface area contributed by atoms with Gasteiger partial charge in [0, 0.05) is 37.1 Å². The van der Waals surface area contributed by atoms with E-state index in [4.69, 9.17) is 21.3 Å². The average Bonchev–Trinajstić information content (AvgIpc) is 3.52. The maximum absolute atomic E-state index is 13.4. The van der Waals surface area contributed by atoms with Crippen molar-refractivity contribution in [1.29, 1.82) is 0 Å². The zero-order valence-corrected chi connectivity index (χ0v) is 21.8. The van der Waals surface area contributed by atoms with Crippen molar-refractivity contribution in [1.82, 2.24) is 29.5 Å². The van der Waals surface area contributed by atoms with Crippen LogP contribution in [-0.2, 0) is 11.2 Å². The number of anilines is 1. The van der Waals surface area contributed by atoms with Gasteiger partial charge >= 0.3 is 0 Å². The number of amides is 1. The van der Waals surface area contributed by atoms with Gasteiger partial charge in [0.15, 0.2) is 11.5 Å². The van der Waals surface area contributed by atoms with Crippen LogP contribution in [0.5, 0.6) is 5.88 Å². The standard InChI is InChI=1S/C27H28ClN7O2/c1-16(19-13-23(37-3)29-14-21(19)28)26(36)34-11-9-27(15-34)8-7-18-12-20(17(2)30-24(18)32-27)25-31-22-6-4-5-10-35(22)33-25/h4-6,10,12-14,16H,7-9,11,15H2,1-3H3,(H,30,32)/t16-,27+/m1/s1. The number of hydrogen-bond acceptors (Lipinski definition) is 7. The molecule has 1 spiro atoms. The van der Waals surface area contributed by atoms with Crippen LogP contribution >= 0.6 is 11.6 Å². The van der Waals surface area contributed by atoms with E-state index in [9.17, 15) is 4.79 Å². The number of nitrogens with one attached hydrogen (secondary N) is 1. The van der Waals surface area contributed by atoms with Gasteiger partial charge in [0.1, 0.15) is 5.82 Å². The third kappa shape index (κ3) is 4.17. The van der Waals surface area contributed by atoms with Crippen LogP contribution in [0.15, 0.2) is 42.7 Å². The number of fused-ring (bicyclic) bond motifs is 2. The van der Waals surface area contributed by atoms with Gasteiger partial charge in [-0.2, -0.15) is 0 Å². The van der Waals surface area contributed by atoms with Gasteiger partial charge < -0.3 is 15.0 Å². The Hall–Kier alpha value is -3.72. The number of likely N-dealkylation sites (tertiary alicyclic amines) is 1. The Labute approximate surface area is 219 Å². The summed E-state index contributed by atoms with van der Waals surface area (Å²) in [6.45, 7) is 5.19. The lowest BCUT2D eigenvalue weighted by Crippen LogP contribution is -2.46. The fourth-order valence-corrected chi connectivity index (χ4v) is 5.72. The zero-order chi connectivity index (χ0) is 25.7. The first-order valence-corrected chi connectivity index (χ1v) is 12.8. The molecule has 4 aromatic heterocycles. The second kappa shape index (κ2) is 8.99. The van der Waals surface area contributed by atoms with Crippen LogP contribution in [0.3, 0.4) is 0 Å². The highest BCUT2D eigenvalue weighted by molar-refractivity contribution is 6.31. The topological polar surface area (TPSA) is 97.5 Å². The molecule has 2 aliphatic heterocycles. The summed E-state index contributed by atoms with van der Waals surface area (Å²) >= 11 is 6.37. The Balaban J connectivity index is 1.21. The zero-order valence-electron chi connectivity index (χ0n) is 21.0. The van der Waals surface area contributed by atoms with Crippen molar-refractivity contribution in [3.8, 4) is 17.3 Å². The maximum atomic E-state index is 13.4. The van der Waals surface area contributed by atoms with Crippen LogP contribution in [0.2, 0.25) is 5.02 Å². The molecule has 0 saturated carbocycles. The fourth-order valence-electron chi connectivity index (χ4n) is 5.46. The number of halogens is 1. The van der Waals surface area contributed by atoms with E-state index < -0.39 is 5.92 Å². The van der Waals surface area contributed by atoms with Crippen LogP contribution in [-0.4, -0.2) is 61.1 Å². The summed E-state index contributed by atoms with van der Waals surface area (Å²) < 4.78 is 7.01. The van der Waals surface area contributed by atoms with Crippen molar-refractivity contribution in [2.45, 2.75) is 44.6 Å². The van der Waals surface area contributed by atoms with E-state index in [1.54, 1.807) is 17.7 Å². The first-order valence-electron chi connectivity index (χ1n) is 12.4. The maximum Gasteiger partial charge on any atom is 0.229 e. The molecule has 2 atom stereocenters. The second-order valence-corrected chi connectivity index (χ2v) is 10.4. The average molecular weight is 518 g/mol. The van der Waals surface area contributed by atoms with Crippen molar-refractivity contribution in [3.05, 3.63) is 64.6 Å². The fraction of sp³-hybridized carbons (Fsp3) is 0.370. The van der Waals surface area contributed by atoms with Gasteiger partial charge in [-0.1, -0.05) is 17.7 Å². The largest absolute Gasteiger partial charge is 0.481 e. The molecule has 0 aromatic carbocycles. The summed E-state index contributed by atoms with van der Waals surface area (Å²) in [5, 5.41) is 8.80. The SMILES string of the molecule is COc1cc([C@@H](C)C(=O)N2CC[C@@]3(CCc4cc(-c5nc6ccccn6n5)c(C)nc4N3)C2)c(Cl)cn1. The number of methoxy groups -OCH3 is 1. The smallest absolute Gasteiger partial charge is 0.229 e. The summed E-state index contributed by atoms with van der Waals surface area (Å²) in [6.07, 6.45) is 6.10. The molecule has 37 heavy (non-hydrogen) atoms. The molecule has 4 aromatic rings. The van der Waals surface area contributed by atoms with Gasteiger partial charge in [0.2, 0.25) is 11.8 Å². The van der Waals surface area contributed by atoms with Crippen molar-refractivity contribution < 1.29 is 9.53 Å². The molecule has 1 saturated heterocycles.